The van der Waals surface area contributed by atoms with Gasteiger partial charge in [-0.25, -0.2) is 8.78 Å². The predicted molar refractivity (Wildman–Crippen MR) is 66.5 cm³/mol. The van der Waals surface area contributed by atoms with Crippen molar-refractivity contribution in [2.75, 3.05) is 0 Å². The first-order chi connectivity index (χ1) is 9.75. The van der Waals surface area contributed by atoms with Crippen LogP contribution in [0.15, 0.2) is 42.5 Å². The number of benzene rings is 2. The molecule has 0 saturated carbocycles. The molecule has 0 bridgehead atoms. The van der Waals surface area contributed by atoms with Crippen LogP contribution in [0.2, 0.25) is 0 Å². The fourth-order valence-electron chi connectivity index (χ4n) is 1.97. The van der Waals surface area contributed by atoms with E-state index in [1.807, 2.05) is 0 Å². The summed E-state index contributed by atoms with van der Waals surface area (Å²) >= 11 is 0. The predicted octanol–water partition coefficient (Wildman–Crippen LogP) is 4.26. The lowest BCUT2D eigenvalue weighted by Crippen LogP contribution is -2.09. The average molecular weight is 302 g/mol. The molecule has 21 heavy (non-hydrogen) atoms. The second-order valence-corrected chi connectivity index (χ2v) is 4.62. The van der Waals surface area contributed by atoms with Crippen molar-refractivity contribution in [2.24, 2.45) is 0 Å². The molecule has 0 radical (unpaired) electrons. The molecule has 1 atom stereocenters. The van der Waals surface area contributed by atoms with Crippen LogP contribution in [0, 0.1) is 11.6 Å². The molecule has 0 aliphatic carbocycles. The van der Waals surface area contributed by atoms with Crippen molar-refractivity contribution in [3.8, 4) is 0 Å². The van der Waals surface area contributed by atoms with Gasteiger partial charge in [0.15, 0.2) is 0 Å². The standard InChI is InChI=1S/C15H11F5O/c16-12-3-1-2-9(4-12)5-14(21)10-6-11(15(18,19)20)8-13(17)7-10/h1-4,6-8,14,21H,5H2. The molecule has 2 aromatic rings. The van der Waals surface area contributed by atoms with Crippen molar-refractivity contribution in [3.63, 3.8) is 0 Å². The normalized spacial score (nSPS) is 13.2. The van der Waals surface area contributed by atoms with Crippen molar-refractivity contribution in [1.29, 1.82) is 0 Å². The van der Waals surface area contributed by atoms with E-state index in [1.54, 1.807) is 0 Å². The number of hydrogen-bond acceptors (Lipinski definition) is 1. The molecule has 1 N–H and O–H groups in total. The summed E-state index contributed by atoms with van der Waals surface area (Å²) in [5.41, 5.74) is -0.970. The van der Waals surface area contributed by atoms with Gasteiger partial charge in [0.1, 0.15) is 11.6 Å². The minimum atomic E-state index is -4.70. The summed E-state index contributed by atoms with van der Waals surface area (Å²) < 4.78 is 64.0. The Kier molecular flexibility index (Phi) is 4.27. The van der Waals surface area contributed by atoms with E-state index >= 15 is 0 Å². The molecule has 0 saturated heterocycles. The SMILES string of the molecule is OC(Cc1cccc(F)c1)c1cc(F)cc(C(F)(F)F)c1. The Morgan fingerprint density at radius 2 is 1.67 bits per heavy atom. The first-order valence-corrected chi connectivity index (χ1v) is 6.06. The minimum Gasteiger partial charge on any atom is -0.388 e. The van der Waals surface area contributed by atoms with Gasteiger partial charge in [-0.1, -0.05) is 12.1 Å². The van der Waals surface area contributed by atoms with Gasteiger partial charge in [0, 0.05) is 6.42 Å². The Hall–Kier alpha value is -1.95. The van der Waals surface area contributed by atoms with E-state index in [0.717, 1.165) is 12.1 Å². The molecule has 1 unspecified atom stereocenters. The van der Waals surface area contributed by atoms with Crippen LogP contribution < -0.4 is 0 Å². The zero-order chi connectivity index (χ0) is 15.6. The number of halogens is 5. The topological polar surface area (TPSA) is 20.2 Å². The Morgan fingerprint density at radius 1 is 0.952 bits per heavy atom. The maximum Gasteiger partial charge on any atom is 0.416 e. The summed E-state index contributed by atoms with van der Waals surface area (Å²) in [5, 5.41) is 9.92. The maximum absolute atomic E-state index is 13.3. The van der Waals surface area contributed by atoms with Crippen molar-refractivity contribution >= 4 is 0 Å². The quantitative estimate of drug-likeness (QED) is 0.840. The maximum atomic E-state index is 13.3. The summed E-state index contributed by atoms with van der Waals surface area (Å²) in [6.45, 7) is 0. The third-order valence-electron chi connectivity index (χ3n) is 2.95. The fraction of sp³-hybridized carbons (Fsp3) is 0.200. The first kappa shape index (κ1) is 15.4. The van der Waals surface area contributed by atoms with Gasteiger partial charge in [0.05, 0.1) is 11.7 Å². The highest BCUT2D eigenvalue weighted by Crippen LogP contribution is 2.32. The highest BCUT2D eigenvalue weighted by Gasteiger charge is 2.31. The van der Waals surface area contributed by atoms with Gasteiger partial charge in [-0.2, -0.15) is 13.2 Å². The molecular formula is C15H11F5O. The molecule has 0 aliphatic heterocycles. The lowest BCUT2D eigenvalue weighted by molar-refractivity contribution is -0.137. The molecular weight excluding hydrogens is 291 g/mol. The van der Waals surface area contributed by atoms with Crippen LogP contribution >= 0.6 is 0 Å². The molecule has 0 fully saturated rings. The molecule has 0 amide bonds. The molecule has 112 valence electrons. The number of aliphatic hydroxyl groups excluding tert-OH is 1. The lowest BCUT2D eigenvalue weighted by Gasteiger charge is -2.14. The second-order valence-electron chi connectivity index (χ2n) is 4.62. The Labute approximate surface area is 117 Å². The number of rotatable bonds is 3. The molecule has 1 nitrogen and oxygen atoms in total. The van der Waals surface area contributed by atoms with E-state index < -0.39 is 29.5 Å². The van der Waals surface area contributed by atoms with E-state index in [4.69, 9.17) is 0 Å². The number of alkyl halides is 3. The third kappa shape index (κ3) is 4.01. The molecule has 2 aromatic carbocycles. The van der Waals surface area contributed by atoms with Crippen molar-refractivity contribution < 1.29 is 27.1 Å². The Morgan fingerprint density at radius 3 is 2.29 bits per heavy atom. The lowest BCUT2D eigenvalue weighted by atomic mass is 9.99. The van der Waals surface area contributed by atoms with Gasteiger partial charge < -0.3 is 5.11 Å². The largest absolute Gasteiger partial charge is 0.416 e. The zero-order valence-corrected chi connectivity index (χ0v) is 10.7. The van der Waals surface area contributed by atoms with Gasteiger partial charge >= 0.3 is 6.18 Å². The van der Waals surface area contributed by atoms with Crippen LogP contribution in [0.4, 0.5) is 22.0 Å². The van der Waals surface area contributed by atoms with Crippen LogP contribution in [-0.4, -0.2) is 5.11 Å². The van der Waals surface area contributed by atoms with Gasteiger partial charge in [0.2, 0.25) is 0 Å². The van der Waals surface area contributed by atoms with Crippen molar-refractivity contribution in [3.05, 3.63) is 70.8 Å². The number of aliphatic hydroxyl groups is 1. The summed E-state index contributed by atoms with van der Waals surface area (Å²) in [6, 6.07) is 7.19. The molecule has 0 aromatic heterocycles. The first-order valence-electron chi connectivity index (χ1n) is 6.06. The van der Waals surface area contributed by atoms with E-state index in [9.17, 15) is 27.1 Å². The van der Waals surface area contributed by atoms with Crippen LogP contribution in [0.1, 0.15) is 22.8 Å². The van der Waals surface area contributed by atoms with Crippen molar-refractivity contribution in [1.82, 2.24) is 0 Å². The zero-order valence-electron chi connectivity index (χ0n) is 10.7. The van der Waals surface area contributed by atoms with Crippen LogP contribution in [-0.2, 0) is 12.6 Å². The van der Waals surface area contributed by atoms with Crippen molar-refractivity contribution in [2.45, 2.75) is 18.7 Å². The Bertz CT molecular complexity index is 636. The number of hydrogen-bond donors (Lipinski definition) is 1. The van der Waals surface area contributed by atoms with Crippen LogP contribution in [0.25, 0.3) is 0 Å². The Balaban J connectivity index is 2.27. The highest BCUT2D eigenvalue weighted by molar-refractivity contribution is 5.29. The minimum absolute atomic E-state index is 0.113. The summed E-state index contributed by atoms with van der Waals surface area (Å²) in [5.74, 6) is -1.60. The van der Waals surface area contributed by atoms with Gasteiger partial charge in [-0.3, -0.25) is 0 Å². The van der Waals surface area contributed by atoms with Gasteiger partial charge in [-0.05, 0) is 41.5 Å². The monoisotopic (exact) mass is 302 g/mol. The second kappa shape index (κ2) is 5.81. The molecule has 2 rings (SSSR count). The smallest absolute Gasteiger partial charge is 0.388 e. The molecule has 6 heteroatoms. The van der Waals surface area contributed by atoms with Gasteiger partial charge in [0.25, 0.3) is 0 Å². The van der Waals surface area contributed by atoms with E-state index in [0.29, 0.717) is 17.7 Å². The molecule has 0 heterocycles. The van der Waals surface area contributed by atoms with E-state index in [-0.39, 0.29) is 12.0 Å². The summed E-state index contributed by atoms with van der Waals surface area (Å²) in [7, 11) is 0. The van der Waals surface area contributed by atoms with Crippen LogP contribution in [0.3, 0.4) is 0 Å². The summed E-state index contributed by atoms with van der Waals surface area (Å²) in [4.78, 5) is 0. The highest BCUT2D eigenvalue weighted by atomic mass is 19.4. The van der Waals surface area contributed by atoms with Crippen LogP contribution in [0.5, 0.6) is 0 Å². The van der Waals surface area contributed by atoms with E-state index in [2.05, 4.69) is 0 Å². The molecule has 0 spiro atoms. The fourth-order valence-corrected chi connectivity index (χ4v) is 1.97. The molecule has 0 aliphatic rings. The summed E-state index contributed by atoms with van der Waals surface area (Å²) in [6.07, 6.45) is -6.17. The van der Waals surface area contributed by atoms with E-state index in [1.165, 1.54) is 18.2 Å². The third-order valence-corrected chi connectivity index (χ3v) is 2.95. The van der Waals surface area contributed by atoms with Gasteiger partial charge in [-0.15, -0.1) is 0 Å². The average Bonchev–Trinajstić information content (AvgIpc) is 2.37.